The first kappa shape index (κ1) is 12.9. The standard InChI is InChI=1S/C12H12FN5O/c13-10-3-1-2-9(11(10)18-14)12(19)16-6-8-4-5-15-7-17-8/h1-5,7,18H,6,14H2,(H,16,19). The summed E-state index contributed by atoms with van der Waals surface area (Å²) in [5.74, 6) is 4.18. The van der Waals surface area contributed by atoms with Crippen LogP contribution in [0.15, 0.2) is 36.8 Å². The first-order valence-corrected chi connectivity index (χ1v) is 5.50. The molecule has 0 saturated carbocycles. The monoisotopic (exact) mass is 261 g/mol. The first-order chi connectivity index (χ1) is 9.22. The van der Waals surface area contributed by atoms with Crippen LogP contribution in [0.1, 0.15) is 16.1 Å². The molecule has 0 unspecified atom stereocenters. The van der Waals surface area contributed by atoms with Crippen LogP contribution in [0.4, 0.5) is 10.1 Å². The summed E-state index contributed by atoms with van der Waals surface area (Å²) < 4.78 is 13.4. The molecule has 4 N–H and O–H groups in total. The van der Waals surface area contributed by atoms with E-state index in [1.807, 2.05) is 0 Å². The number of nitrogens with two attached hydrogens (primary N) is 1. The molecule has 1 amide bonds. The molecule has 1 aromatic heterocycles. The van der Waals surface area contributed by atoms with Gasteiger partial charge in [0.25, 0.3) is 5.91 Å². The number of para-hydroxylation sites is 1. The molecule has 0 aliphatic carbocycles. The Labute approximate surface area is 108 Å². The van der Waals surface area contributed by atoms with Crippen molar-refractivity contribution in [3.8, 4) is 0 Å². The maximum atomic E-state index is 13.4. The molecule has 0 fully saturated rings. The van der Waals surface area contributed by atoms with Gasteiger partial charge in [0.15, 0.2) is 0 Å². The second-order valence-corrected chi connectivity index (χ2v) is 3.69. The largest absolute Gasteiger partial charge is 0.346 e. The Balaban J connectivity index is 2.10. The van der Waals surface area contributed by atoms with Crippen LogP contribution in [0.5, 0.6) is 0 Å². The van der Waals surface area contributed by atoms with Crippen molar-refractivity contribution in [3.63, 3.8) is 0 Å². The van der Waals surface area contributed by atoms with Crippen LogP contribution in [0.25, 0.3) is 0 Å². The quantitative estimate of drug-likeness (QED) is 0.560. The van der Waals surface area contributed by atoms with Gasteiger partial charge in [0.05, 0.1) is 23.5 Å². The number of anilines is 1. The van der Waals surface area contributed by atoms with E-state index >= 15 is 0 Å². The molecule has 2 aromatic rings. The minimum atomic E-state index is -0.586. The number of hydrazine groups is 1. The number of nitrogens with one attached hydrogen (secondary N) is 2. The summed E-state index contributed by atoms with van der Waals surface area (Å²) in [6.07, 6.45) is 2.96. The number of hydrogen-bond donors (Lipinski definition) is 3. The maximum Gasteiger partial charge on any atom is 0.253 e. The van der Waals surface area contributed by atoms with Crippen molar-refractivity contribution in [3.05, 3.63) is 53.9 Å². The molecule has 0 saturated heterocycles. The van der Waals surface area contributed by atoms with Crippen LogP contribution in [0.3, 0.4) is 0 Å². The highest BCUT2D eigenvalue weighted by molar-refractivity contribution is 5.99. The van der Waals surface area contributed by atoms with Gasteiger partial charge in [0.1, 0.15) is 12.1 Å². The van der Waals surface area contributed by atoms with E-state index in [9.17, 15) is 9.18 Å². The molecule has 19 heavy (non-hydrogen) atoms. The summed E-state index contributed by atoms with van der Waals surface area (Å²) in [6.45, 7) is 0.224. The third-order valence-corrected chi connectivity index (χ3v) is 2.48. The highest BCUT2D eigenvalue weighted by atomic mass is 19.1. The average Bonchev–Trinajstić information content (AvgIpc) is 2.45. The van der Waals surface area contributed by atoms with Gasteiger partial charge < -0.3 is 10.7 Å². The number of amides is 1. The number of carbonyl (C=O) groups is 1. The molecule has 0 radical (unpaired) electrons. The number of benzene rings is 1. The van der Waals surface area contributed by atoms with Crippen molar-refractivity contribution in [1.29, 1.82) is 0 Å². The van der Waals surface area contributed by atoms with Crippen molar-refractivity contribution in [2.24, 2.45) is 5.84 Å². The fraction of sp³-hybridized carbons (Fsp3) is 0.0833. The van der Waals surface area contributed by atoms with Gasteiger partial charge in [0.2, 0.25) is 0 Å². The third kappa shape index (κ3) is 3.02. The van der Waals surface area contributed by atoms with Gasteiger partial charge in [-0.15, -0.1) is 0 Å². The Morgan fingerprint density at radius 1 is 1.37 bits per heavy atom. The molecule has 1 aromatic carbocycles. The van der Waals surface area contributed by atoms with Gasteiger partial charge in [-0.2, -0.15) is 0 Å². The predicted molar refractivity (Wildman–Crippen MR) is 67.4 cm³/mol. The molecule has 0 aliphatic rings. The zero-order valence-corrected chi connectivity index (χ0v) is 9.93. The van der Waals surface area contributed by atoms with Crippen LogP contribution in [0, 0.1) is 5.82 Å². The molecule has 0 bridgehead atoms. The Hall–Kier alpha value is -2.54. The predicted octanol–water partition coefficient (Wildman–Crippen LogP) is 0.831. The Morgan fingerprint density at radius 3 is 2.89 bits per heavy atom. The van der Waals surface area contributed by atoms with E-state index in [1.165, 1.54) is 24.5 Å². The van der Waals surface area contributed by atoms with Crippen molar-refractivity contribution in [2.75, 3.05) is 5.43 Å². The lowest BCUT2D eigenvalue weighted by Crippen LogP contribution is -2.25. The number of nitrogen functional groups attached to an aromatic ring is 1. The number of hydrogen-bond acceptors (Lipinski definition) is 5. The number of carbonyl (C=O) groups excluding carboxylic acids is 1. The lowest BCUT2D eigenvalue weighted by molar-refractivity contribution is 0.0951. The van der Waals surface area contributed by atoms with Gasteiger partial charge in [-0.3, -0.25) is 10.6 Å². The van der Waals surface area contributed by atoms with E-state index in [2.05, 4.69) is 20.7 Å². The lowest BCUT2D eigenvalue weighted by atomic mass is 10.1. The third-order valence-electron chi connectivity index (χ3n) is 2.48. The van der Waals surface area contributed by atoms with Crippen LogP contribution < -0.4 is 16.6 Å². The summed E-state index contributed by atoms with van der Waals surface area (Å²) in [5, 5.41) is 2.63. The zero-order chi connectivity index (χ0) is 13.7. The second-order valence-electron chi connectivity index (χ2n) is 3.69. The van der Waals surface area contributed by atoms with Gasteiger partial charge in [-0.1, -0.05) is 6.07 Å². The van der Waals surface area contributed by atoms with Gasteiger partial charge in [0, 0.05) is 6.20 Å². The van der Waals surface area contributed by atoms with Crippen molar-refractivity contribution < 1.29 is 9.18 Å². The van der Waals surface area contributed by atoms with Crippen LogP contribution in [-0.4, -0.2) is 15.9 Å². The molecule has 7 heteroatoms. The van der Waals surface area contributed by atoms with Crippen molar-refractivity contribution >= 4 is 11.6 Å². The number of aromatic nitrogens is 2. The number of halogens is 1. The van der Waals surface area contributed by atoms with E-state index in [0.29, 0.717) is 5.69 Å². The summed E-state index contributed by atoms with van der Waals surface area (Å²) >= 11 is 0. The van der Waals surface area contributed by atoms with Crippen LogP contribution in [0.2, 0.25) is 0 Å². The van der Waals surface area contributed by atoms with E-state index in [0.717, 1.165) is 0 Å². The molecule has 1 heterocycles. The topological polar surface area (TPSA) is 92.9 Å². The van der Waals surface area contributed by atoms with Crippen molar-refractivity contribution in [1.82, 2.24) is 15.3 Å². The van der Waals surface area contributed by atoms with E-state index in [4.69, 9.17) is 5.84 Å². The van der Waals surface area contributed by atoms with Crippen LogP contribution >= 0.6 is 0 Å². The molecule has 6 nitrogen and oxygen atoms in total. The molecule has 0 spiro atoms. The minimum absolute atomic E-state index is 0.0392. The Bertz CT molecular complexity index is 576. The zero-order valence-electron chi connectivity index (χ0n) is 9.93. The summed E-state index contributed by atoms with van der Waals surface area (Å²) in [5.41, 5.74) is 2.93. The van der Waals surface area contributed by atoms with Crippen LogP contribution in [-0.2, 0) is 6.54 Å². The fourth-order valence-electron chi connectivity index (χ4n) is 1.55. The summed E-state index contributed by atoms with van der Waals surface area (Å²) in [6, 6.07) is 5.81. The molecule has 0 aliphatic heterocycles. The average molecular weight is 261 g/mol. The normalized spacial score (nSPS) is 10.0. The highest BCUT2D eigenvalue weighted by Gasteiger charge is 2.14. The smallest absolute Gasteiger partial charge is 0.253 e. The molecular formula is C12H12FN5O. The van der Waals surface area contributed by atoms with E-state index < -0.39 is 11.7 Å². The molecule has 2 rings (SSSR count). The summed E-state index contributed by atoms with van der Waals surface area (Å²) in [4.78, 5) is 19.7. The van der Waals surface area contributed by atoms with Gasteiger partial charge in [-0.05, 0) is 18.2 Å². The SMILES string of the molecule is NNc1c(F)cccc1C(=O)NCc1ccncn1. The Kier molecular flexibility index (Phi) is 3.99. The number of rotatable bonds is 4. The lowest BCUT2D eigenvalue weighted by Gasteiger charge is -2.10. The highest BCUT2D eigenvalue weighted by Crippen LogP contribution is 2.18. The molecular weight excluding hydrogens is 249 g/mol. The minimum Gasteiger partial charge on any atom is -0.346 e. The molecule has 98 valence electrons. The Morgan fingerprint density at radius 2 is 2.21 bits per heavy atom. The van der Waals surface area contributed by atoms with E-state index in [-0.39, 0.29) is 17.8 Å². The fourth-order valence-corrected chi connectivity index (χ4v) is 1.55. The van der Waals surface area contributed by atoms with Gasteiger partial charge in [-0.25, -0.2) is 14.4 Å². The van der Waals surface area contributed by atoms with Gasteiger partial charge >= 0.3 is 0 Å². The number of nitrogens with zero attached hydrogens (tertiary/aromatic N) is 2. The van der Waals surface area contributed by atoms with Crippen molar-refractivity contribution in [2.45, 2.75) is 6.54 Å². The summed E-state index contributed by atoms with van der Waals surface area (Å²) in [7, 11) is 0. The second kappa shape index (κ2) is 5.87. The molecule has 0 atom stereocenters. The van der Waals surface area contributed by atoms with E-state index in [1.54, 1.807) is 12.3 Å². The maximum absolute atomic E-state index is 13.4. The first-order valence-electron chi connectivity index (χ1n) is 5.50.